The zero-order chi connectivity index (χ0) is 17.9. The number of carbonyl (C=O) groups excluding carboxylic acids is 2. The molecule has 0 radical (unpaired) electrons. The van der Waals surface area contributed by atoms with E-state index in [-0.39, 0.29) is 18.4 Å². The molecule has 1 aromatic heterocycles. The summed E-state index contributed by atoms with van der Waals surface area (Å²) in [5, 5.41) is 8.24. The van der Waals surface area contributed by atoms with Crippen LogP contribution < -0.4 is 16.0 Å². The SMILES string of the molecule is CNC(=O)CNC(=O)c1cnc(CNCCCOC2CCCCC2)[nH]1. The Bertz CT molecular complexity index is 540. The summed E-state index contributed by atoms with van der Waals surface area (Å²) in [6.07, 6.45) is 9.21. The van der Waals surface area contributed by atoms with Crippen molar-refractivity contribution in [3.05, 3.63) is 17.7 Å². The average molecular weight is 351 g/mol. The zero-order valence-corrected chi connectivity index (χ0v) is 14.9. The summed E-state index contributed by atoms with van der Waals surface area (Å²) in [4.78, 5) is 30.1. The first-order chi connectivity index (χ1) is 12.2. The van der Waals surface area contributed by atoms with E-state index in [1.807, 2.05) is 0 Å². The second kappa shape index (κ2) is 10.8. The van der Waals surface area contributed by atoms with Crippen LogP contribution in [0.15, 0.2) is 6.20 Å². The first-order valence-corrected chi connectivity index (χ1v) is 9.04. The molecule has 25 heavy (non-hydrogen) atoms. The van der Waals surface area contributed by atoms with Crippen molar-refractivity contribution in [3.8, 4) is 0 Å². The number of hydrogen-bond donors (Lipinski definition) is 4. The van der Waals surface area contributed by atoms with Gasteiger partial charge < -0.3 is 25.7 Å². The highest BCUT2D eigenvalue weighted by molar-refractivity contribution is 5.94. The van der Waals surface area contributed by atoms with Crippen molar-refractivity contribution in [2.24, 2.45) is 0 Å². The van der Waals surface area contributed by atoms with E-state index >= 15 is 0 Å². The van der Waals surface area contributed by atoms with Gasteiger partial charge in [-0.3, -0.25) is 9.59 Å². The number of likely N-dealkylation sites (N-methyl/N-ethyl adjacent to an activating group) is 1. The topological polar surface area (TPSA) is 108 Å². The lowest BCUT2D eigenvalue weighted by atomic mass is 9.98. The molecule has 1 fully saturated rings. The number of carbonyl (C=O) groups is 2. The zero-order valence-electron chi connectivity index (χ0n) is 14.9. The van der Waals surface area contributed by atoms with Crippen LogP contribution in [-0.4, -0.2) is 54.6 Å². The summed E-state index contributed by atoms with van der Waals surface area (Å²) in [6, 6.07) is 0. The highest BCUT2D eigenvalue weighted by atomic mass is 16.5. The van der Waals surface area contributed by atoms with Crippen LogP contribution in [0.3, 0.4) is 0 Å². The Morgan fingerprint density at radius 3 is 2.88 bits per heavy atom. The van der Waals surface area contributed by atoms with E-state index in [0.717, 1.165) is 19.6 Å². The average Bonchev–Trinajstić information content (AvgIpc) is 3.12. The third-order valence-corrected chi connectivity index (χ3v) is 4.26. The van der Waals surface area contributed by atoms with Gasteiger partial charge in [0.2, 0.25) is 5.91 Å². The van der Waals surface area contributed by atoms with Crippen molar-refractivity contribution in [1.82, 2.24) is 25.9 Å². The minimum absolute atomic E-state index is 0.0526. The number of H-pyrrole nitrogens is 1. The third kappa shape index (κ3) is 7.23. The minimum atomic E-state index is -0.344. The van der Waals surface area contributed by atoms with Gasteiger partial charge in [0.1, 0.15) is 11.5 Å². The van der Waals surface area contributed by atoms with Crippen molar-refractivity contribution in [3.63, 3.8) is 0 Å². The lowest BCUT2D eigenvalue weighted by Crippen LogP contribution is -2.35. The quantitative estimate of drug-likeness (QED) is 0.465. The van der Waals surface area contributed by atoms with Gasteiger partial charge in [0.25, 0.3) is 5.91 Å². The van der Waals surface area contributed by atoms with Crippen molar-refractivity contribution in [2.45, 2.75) is 51.2 Å². The monoisotopic (exact) mass is 351 g/mol. The van der Waals surface area contributed by atoms with Crippen LogP contribution in [0.2, 0.25) is 0 Å². The van der Waals surface area contributed by atoms with Gasteiger partial charge in [-0.1, -0.05) is 19.3 Å². The number of aromatic amines is 1. The molecule has 0 bridgehead atoms. The molecular weight excluding hydrogens is 322 g/mol. The van der Waals surface area contributed by atoms with Crippen molar-refractivity contribution < 1.29 is 14.3 Å². The molecule has 2 rings (SSSR count). The Kier molecular flexibility index (Phi) is 8.41. The number of nitrogens with zero attached hydrogens (tertiary/aromatic N) is 1. The first-order valence-electron chi connectivity index (χ1n) is 9.04. The van der Waals surface area contributed by atoms with Gasteiger partial charge in [0.05, 0.1) is 25.4 Å². The van der Waals surface area contributed by atoms with E-state index in [4.69, 9.17) is 4.74 Å². The molecule has 140 valence electrons. The Morgan fingerprint density at radius 2 is 2.12 bits per heavy atom. The van der Waals surface area contributed by atoms with Gasteiger partial charge in [-0.15, -0.1) is 0 Å². The molecule has 0 aliphatic heterocycles. The summed E-state index contributed by atoms with van der Waals surface area (Å²) in [6.45, 7) is 2.13. The lowest BCUT2D eigenvalue weighted by Gasteiger charge is -2.21. The summed E-state index contributed by atoms with van der Waals surface area (Å²) >= 11 is 0. The molecule has 0 atom stereocenters. The predicted molar refractivity (Wildman–Crippen MR) is 94.1 cm³/mol. The number of imidazole rings is 1. The molecule has 0 aromatic carbocycles. The van der Waals surface area contributed by atoms with Gasteiger partial charge in [0, 0.05) is 13.7 Å². The van der Waals surface area contributed by atoms with E-state index in [1.54, 1.807) is 0 Å². The fourth-order valence-electron chi connectivity index (χ4n) is 2.80. The smallest absolute Gasteiger partial charge is 0.269 e. The summed E-state index contributed by atoms with van der Waals surface area (Å²) in [5.74, 6) is 0.103. The fraction of sp³-hybridized carbons (Fsp3) is 0.706. The number of hydrogen-bond acceptors (Lipinski definition) is 5. The van der Waals surface area contributed by atoms with Crippen LogP contribution in [0.1, 0.15) is 54.8 Å². The van der Waals surface area contributed by atoms with Crippen LogP contribution in [0, 0.1) is 0 Å². The fourth-order valence-corrected chi connectivity index (χ4v) is 2.80. The highest BCUT2D eigenvalue weighted by Gasteiger charge is 2.13. The maximum absolute atomic E-state index is 11.8. The lowest BCUT2D eigenvalue weighted by molar-refractivity contribution is -0.119. The van der Waals surface area contributed by atoms with Crippen LogP contribution in [0.5, 0.6) is 0 Å². The molecule has 0 unspecified atom stereocenters. The van der Waals surface area contributed by atoms with Crippen LogP contribution in [0.4, 0.5) is 0 Å². The van der Waals surface area contributed by atoms with Crippen molar-refractivity contribution >= 4 is 11.8 Å². The number of amides is 2. The predicted octanol–water partition coefficient (Wildman–Crippen LogP) is 0.715. The Labute approximate surface area is 148 Å². The molecule has 1 heterocycles. The molecule has 1 aliphatic rings. The minimum Gasteiger partial charge on any atom is -0.378 e. The van der Waals surface area contributed by atoms with Crippen LogP contribution >= 0.6 is 0 Å². The van der Waals surface area contributed by atoms with Crippen LogP contribution in [-0.2, 0) is 16.1 Å². The van der Waals surface area contributed by atoms with Crippen molar-refractivity contribution in [1.29, 1.82) is 0 Å². The summed E-state index contributed by atoms with van der Waals surface area (Å²) in [7, 11) is 1.52. The van der Waals surface area contributed by atoms with Gasteiger partial charge >= 0.3 is 0 Å². The third-order valence-electron chi connectivity index (χ3n) is 4.26. The molecule has 4 N–H and O–H groups in total. The number of aromatic nitrogens is 2. The Balaban J connectivity index is 1.56. The molecule has 1 saturated carbocycles. The largest absolute Gasteiger partial charge is 0.378 e. The molecule has 0 saturated heterocycles. The van der Waals surface area contributed by atoms with Gasteiger partial charge in [-0.25, -0.2) is 4.98 Å². The number of nitrogens with one attached hydrogen (secondary N) is 4. The highest BCUT2D eigenvalue weighted by Crippen LogP contribution is 2.20. The number of rotatable bonds is 10. The normalized spacial score (nSPS) is 15.1. The van der Waals surface area contributed by atoms with E-state index in [0.29, 0.717) is 24.2 Å². The molecule has 8 nitrogen and oxygen atoms in total. The summed E-state index contributed by atoms with van der Waals surface area (Å²) < 4.78 is 5.88. The molecule has 0 spiro atoms. The Morgan fingerprint density at radius 1 is 1.32 bits per heavy atom. The summed E-state index contributed by atoms with van der Waals surface area (Å²) in [5.41, 5.74) is 0.348. The molecular formula is C17H29N5O3. The maximum Gasteiger partial charge on any atom is 0.269 e. The van der Waals surface area contributed by atoms with Gasteiger partial charge in [-0.05, 0) is 25.8 Å². The molecule has 1 aromatic rings. The van der Waals surface area contributed by atoms with Crippen molar-refractivity contribution in [2.75, 3.05) is 26.7 Å². The van der Waals surface area contributed by atoms with E-state index in [1.165, 1.54) is 45.3 Å². The van der Waals surface area contributed by atoms with Gasteiger partial charge in [0.15, 0.2) is 0 Å². The molecule has 2 amide bonds. The standard InChI is InChI=1S/C17H29N5O3/c1-18-16(23)12-21-17(24)14-10-20-15(22-14)11-19-8-5-9-25-13-6-3-2-4-7-13/h10,13,19H,2-9,11-12H2,1H3,(H,18,23)(H,20,22)(H,21,24). The molecule has 8 heteroatoms. The van der Waals surface area contributed by atoms with Crippen LogP contribution in [0.25, 0.3) is 0 Å². The van der Waals surface area contributed by atoms with E-state index in [2.05, 4.69) is 25.9 Å². The number of ether oxygens (including phenoxy) is 1. The first kappa shape index (κ1) is 19.4. The van der Waals surface area contributed by atoms with E-state index < -0.39 is 0 Å². The van der Waals surface area contributed by atoms with E-state index in [9.17, 15) is 9.59 Å². The Hall–Kier alpha value is -1.93. The maximum atomic E-state index is 11.8. The second-order valence-corrected chi connectivity index (χ2v) is 6.26. The van der Waals surface area contributed by atoms with Gasteiger partial charge in [-0.2, -0.15) is 0 Å². The second-order valence-electron chi connectivity index (χ2n) is 6.26. The molecule has 1 aliphatic carbocycles.